The molecule has 144 valence electrons. The van der Waals surface area contributed by atoms with Crippen molar-refractivity contribution in [1.29, 1.82) is 0 Å². The van der Waals surface area contributed by atoms with E-state index in [0.717, 1.165) is 5.69 Å². The van der Waals surface area contributed by atoms with Crippen LogP contribution in [0.2, 0.25) is 0 Å². The van der Waals surface area contributed by atoms with Crippen molar-refractivity contribution in [3.63, 3.8) is 0 Å². The summed E-state index contributed by atoms with van der Waals surface area (Å²) in [5.74, 6) is -1.43. The Kier molecular flexibility index (Phi) is 6.33. The number of piperazine rings is 1. The first kappa shape index (κ1) is 19.6. The maximum absolute atomic E-state index is 14.4. The standard InChI is InChI=1S/C18H19BrF2N4O2/c1-27-18(26)17-15(21)7-12(19)8-16(17)25-6-5-24(14(9-20)11-25)10-13-3-2-4-22-23-13/h2-4,7-8,14H,5-6,9-11H2,1H3/t14-/m0/s1. The van der Waals surface area contributed by atoms with Gasteiger partial charge in [0, 0.05) is 36.8 Å². The monoisotopic (exact) mass is 440 g/mol. The van der Waals surface area contributed by atoms with E-state index in [0.29, 0.717) is 36.3 Å². The molecule has 1 saturated heterocycles. The number of nitrogens with zero attached hydrogens (tertiary/aromatic N) is 4. The normalized spacial score (nSPS) is 17.8. The van der Waals surface area contributed by atoms with Crippen LogP contribution in [-0.2, 0) is 11.3 Å². The van der Waals surface area contributed by atoms with E-state index in [1.165, 1.54) is 13.2 Å². The molecule has 1 atom stereocenters. The summed E-state index contributed by atoms with van der Waals surface area (Å²) in [4.78, 5) is 15.9. The Hall–Kier alpha value is -2.13. The molecule has 2 aromatic rings. The predicted octanol–water partition coefficient (Wildman–Crippen LogP) is 2.83. The first-order chi connectivity index (χ1) is 13.0. The van der Waals surface area contributed by atoms with Gasteiger partial charge in [-0.1, -0.05) is 15.9 Å². The van der Waals surface area contributed by atoms with Gasteiger partial charge in [-0.15, -0.1) is 0 Å². The Morgan fingerprint density at radius 3 is 2.89 bits per heavy atom. The maximum atomic E-state index is 14.4. The smallest absolute Gasteiger partial charge is 0.342 e. The van der Waals surface area contributed by atoms with Gasteiger partial charge in [-0.25, -0.2) is 13.6 Å². The molecule has 0 amide bonds. The van der Waals surface area contributed by atoms with Crippen LogP contribution >= 0.6 is 15.9 Å². The lowest BCUT2D eigenvalue weighted by Gasteiger charge is -2.41. The highest BCUT2D eigenvalue weighted by molar-refractivity contribution is 9.10. The SMILES string of the molecule is COC(=O)c1c(F)cc(Br)cc1N1CCN(Cc2cccnn2)[C@@H](CF)C1. The summed E-state index contributed by atoms with van der Waals surface area (Å²) in [5, 5.41) is 7.89. The number of rotatable bonds is 5. The predicted molar refractivity (Wildman–Crippen MR) is 99.9 cm³/mol. The number of hydrogen-bond acceptors (Lipinski definition) is 6. The molecule has 1 fully saturated rings. The van der Waals surface area contributed by atoms with E-state index >= 15 is 0 Å². The molecule has 0 N–H and O–H groups in total. The molecule has 1 aromatic carbocycles. The topological polar surface area (TPSA) is 58.6 Å². The molecule has 0 unspecified atom stereocenters. The zero-order chi connectivity index (χ0) is 19.4. The summed E-state index contributed by atoms with van der Waals surface area (Å²) < 4.78 is 33.3. The largest absolute Gasteiger partial charge is 0.465 e. The van der Waals surface area contributed by atoms with Gasteiger partial charge in [0.05, 0.1) is 24.5 Å². The fourth-order valence-corrected chi connectivity index (χ4v) is 3.62. The third kappa shape index (κ3) is 4.41. The summed E-state index contributed by atoms with van der Waals surface area (Å²) in [6, 6.07) is 6.09. The number of hydrogen-bond donors (Lipinski definition) is 0. The first-order valence-corrected chi connectivity index (χ1v) is 9.21. The van der Waals surface area contributed by atoms with Crippen LogP contribution in [0, 0.1) is 5.82 Å². The van der Waals surface area contributed by atoms with E-state index in [9.17, 15) is 13.6 Å². The highest BCUT2D eigenvalue weighted by Gasteiger charge is 2.31. The van der Waals surface area contributed by atoms with E-state index in [1.54, 1.807) is 18.3 Å². The van der Waals surface area contributed by atoms with Crippen LogP contribution in [-0.4, -0.2) is 60.5 Å². The highest BCUT2D eigenvalue weighted by Crippen LogP contribution is 2.30. The molecule has 2 heterocycles. The van der Waals surface area contributed by atoms with Gasteiger partial charge in [0.15, 0.2) is 0 Å². The number of halogens is 3. The second-order valence-corrected chi connectivity index (χ2v) is 7.13. The van der Waals surface area contributed by atoms with Crippen LogP contribution in [0.25, 0.3) is 0 Å². The molecule has 0 bridgehead atoms. The zero-order valence-corrected chi connectivity index (χ0v) is 16.3. The van der Waals surface area contributed by atoms with Crippen LogP contribution in [0.3, 0.4) is 0 Å². The van der Waals surface area contributed by atoms with Crippen LogP contribution in [0.5, 0.6) is 0 Å². The van der Waals surface area contributed by atoms with Gasteiger partial charge in [0.2, 0.25) is 0 Å². The minimum atomic E-state index is -0.756. The van der Waals surface area contributed by atoms with Crippen molar-refractivity contribution in [2.75, 3.05) is 38.3 Å². The minimum absolute atomic E-state index is 0.138. The number of anilines is 1. The number of carbonyl (C=O) groups excluding carboxylic acids is 1. The molecule has 0 aliphatic carbocycles. The molecule has 6 nitrogen and oxygen atoms in total. The molecule has 3 rings (SSSR count). The molecule has 1 aliphatic rings. The molecule has 0 spiro atoms. The van der Waals surface area contributed by atoms with Gasteiger partial charge >= 0.3 is 5.97 Å². The summed E-state index contributed by atoms with van der Waals surface area (Å²) in [5.41, 5.74) is 1.01. The van der Waals surface area contributed by atoms with E-state index in [2.05, 4.69) is 26.1 Å². The van der Waals surface area contributed by atoms with Crippen molar-refractivity contribution in [2.24, 2.45) is 0 Å². The van der Waals surface area contributed by atoms with Crippen molar-refractivity contribution in [3.05, 3.63) is 52.0 Å². The first-order valence-electron chi connectivity index (χ1n) is 8.42. The maximum Gasteiger partial charge on any atom is 0.342 e. The van der Waals surface area contributed by atoms with Gasteiger partial charge in [0.25, 0.3) is 0 Å². The van der Waals surface area contributed by atoms with Crippen LogP contribution in [0.15, 0.2) is 34.9 Å². The van der Waals surface area contributed by atoms with Gasteiger partial charge in [0.1, 0.15) is 18.1 Å². The van der Waals surface area contributed by atoms with Crippen molar-refractivity contribution < 1.29 is 18.3 Å². The third-order valence-corrected chi connectivity index (χ3v) is 5.00. The molecule has 9 heteroatoms. The van der Waals surface area contributed by atoms with Crippen LogP contribution < -0.4 is 4.90 Å². The second-order valence-electron chi connectivity index (χ2n) is 6.21. The quantitative estimate of drug-likeness (QED) is 0.666. The lowest BCUT2D eigenvalue weighted by atomic mass is 10.1. The van der Waals surface area contributed by atoms with Gasteiger partial charge in [-0.05, 0) is 24.3 Å². The van der Waals surface area contributed by atoms with E-state index in [-0.39, 0.29) is 5.56 Å². The molecule has 0 saturated carbocycles. The Morgan fingerprint density at radius 1 is 1.41 bits per heavy atom. The fraction of sp³-hybridized carbons (Fsp3) is 0.389. The average Bonchev–Trinajstić information content (AvgIpc) is 2.68. The lowest BCUT2D eigenvalue weighted by molar-refractivity contribution is 0.0595. The number of alkyl halides is 1. The number of ether oxygens (including phenoxy) is 1. The highest BCUT2D eigenvalue weighted by atomic mass is 79.9. The van der Waals surface area contributed by atoms with Crippen molar-refractivity contribution in [1.82, 2.24) is 15.1 Å². The molecular weight excluding hydrogens is 422 g/mol. The van der Waals surface area contributed by atoms with E-state index < -0.39 is 24.5 Å². The molecule has 1 aliphatic heterocycles. The minimum Gasteiger partial charge on any atom is -0.465 e. The average molecular weight is 441 g/mol. The van der Waals surface area contributed by atoms with E-state index in [1.807, 2.05) is 15.9 Å². The van der Waals surface area contributed by atoms with Crippen molar-refractivity contribution in [3.8, 4) is 0 Å². The molecule has 1 aromatic heterocycles. The van der Waals surface area contributed by atoms with E-state index in [4.69, 9.17) is 4.74 Å². The van der Waals surface area contributed by atoms with Gasteiger partial charge in [-0.2, -0.15) is 10.2 Å². The number of benzene rings is 1. The van der Waals surface area contributed by atoms with Crippen molar-refractivity contribution in [2.45, 2.75) is 12.6 Å². The van der Waals surface area contributed by atoms with Gasteiger partial charge in [-0.3, -0.25) is 4.90 Å². The van der Waals surface area contributed by atoms with Crippen LogP contribution in [0.4, 0.5) is 14.5 Å². The Labute approximate surface area is 164 Å². The summed E-state index contributed by atoms with van der Waals surface area (Å²) in [7, 11) is 1.21. The molecule has 27 heavy (non-hydrogen) atoms. The number of carbonyl (C=O) groups is 1. The molecule has 0 radical (unpaired) electrons. The number of methoxy groups -OCH3 is 1. The Bertz CT molecular complexity index is 809. The molecular formula is C18H19BrF2N4O2. The summed E-state index contributed by atoms with van der Waals surface area (Å²) in [6.07, 6.45) is 1.59. The van der Waals surface area contributed by atoms with Crippen molar-refractivity contribution >= 4 is 27.6 Å². The summed E-state index contributed by atoms with van der Waals surface area (Å²) >= 11 is 3.25. The lowest BCUT2D eigenvalue weighted by Crippen LogP contribution is -2.54. The second kappa shape index (κ2) is 8.71. The Balaban J connectivity index is 1.83. The Morgan fingerprint density at radius 2 is 2.22 bits per heavy atom. The third-order valence-electron chi connectivity index (χ3n) is 4.54. The number of esters is 1. The fourth-order valence-electron chi connectivity index (χ4n) is 3.21. The van der Waals surface area contributed by atoms with Crippen LogP contribution in [0.1, 0.15) is 16.1 Å². The number of aromatic nitrogens is 2. The summed E-state index contributed by atoms with van der Waals surface area (Å²) in [6.45, 7) is 1.28. The zero-order valence-electron chi connectivity index (χ0n) is 14.7. The van der Waals surface area contributed by atoms with Gasteiger partial charge < -0.3 is 9.64 Å².